The molecule has 146 valence electrons. The first-order valence-corrected chi connectivity index (χ1v) is 8.72. The molecule has 0 aliphatic carbocycles. The number of carbonyl (C=O) groups is 2. The lowest BCUT2D eigenvalue weighted by Crippen LogP contribution is -2.42. The molecule has 0 spiro atoms. The highest BCUT2D eigenvalue weighted by atomic mass is 16.4. The second-order valence-electron chi connectivity index (χ2n) is 6.39. The highest BCUT2D eigenvalue weighted by Crippen LogP contribution is 2.19. The van der Waals surface area contributed by atoms with Crippen LogP contribution in [0.15, 0.2) is 59.5 Å². The van der Waals surface area contributed by atoms with Crippen LogP contribution in [0.1, 0.15) is 15.9 Å². The fraction of sp³-hybridized carbons (Fsp3) is 0.105. The van der Waals surface area contributed by atoms with Crippen LogP contribution in [0.4, 0.5) is 0 Å². The number of hydrogen-bond donors (Lipinski definition) is 4. The van der Waals surface area contributed by atoms with Crippen molar-refractivity contribution in [2.24, 2.45) is 0 Å². The summed E-state index contributed by atoms with van der Waals surface area (Å²) in [5.41, 5.74) is 1.88. The maximum Gasteiger partial charge on any atom is 0.365 e. The number of hydrogen-bond acceptors (Lipinski definition) is 5. The van der Waals surface area contributed by atoms with Crippen LogP contribution in [0.2, 0.25) is 0 Å². The standard InChI is InChI=1S/C19H16N6O4/c26-17(11-5-7-13(8-6-11)25-19(29)22-23-24-25)21-16(18(27)28)9-12-10-20-15-4-2-1-3-14(12)15/h1-8,10,16,20H,9H2,(H,21,26)(H,27,28)(H,22,24,29). The summed E-state index contributed by atoms with van der Waals surface area (Å²) in [7, 11) is 0. The van der Waals surface area contributed by atoms with Crippen molar-refractivity contribution >= 4 is 22.8 Å². The van der Waals surface area contributed by atoms with Crippen LogP contribution in [-0.2, 0) is 11.2 Å². The Labute approximate surface area is 163 Å². The number of rotatable bonds is 6. The molecule has 2 aromatic heterocycles. The number of aliphatic carboxylic acids is 1. The number of H-pyrrole nitrogens is 2. The molecule has 0 saturated heterocycles. The minimum Gasteiger partial charge on any atom is -0.480 e. The number of aromatic amines is 2. The summed E-state index contributed by atoms with van der Waals surface area (Å²) in [6, 6.07) is 12.5. The van der Waals surface area contributed by atoms with E-state index in [0.717, 1.165) is 21.1 Å². The number of carbonyl (C=O) groups excluding carboxylic acids is 1. The highest BCUT2D eigenvalue weighted by molar-refractivity contribution is 5.97. The normalized spacial score (nSPS) is 12.0. The number of nitrogens with one attached hydrogen (secondary N) is 3. The van der Waals surface area contributed by atoms with Gasteiger partial charge in [0.15, 0.2) is 0 Å². The lowest BCUT2D eigenvalue weighted by Gasteiger charge is -2.14. The van der Waals surface area contributed by atoms with Crippen molar-refractivity contribution in [3.63, 3.8) is 0 Å². The Kier molecular flexibility index (Phi) is 4.65. The van der Waals surface area contributed by atoms with Gasteiger partial charge in [-0.25, -0.2) is 14.7 Å². The Balaban J connectivity index is 1.51. The SMILES string of the molecule is O=C(NC(Cc1c[nH]c2ccccc12)C(=O)O)c1ccc(-n2nn[nH]c2=O)cc1. The summed E-state index contributed by atoms with van der Waals surface area (Å²) in [6.45, 7) is 0. The number of amides is 1. The number of nitrogens with zero attached hydrogens (tertiary/aromatic N) is 3. The van der Waals surface area contributed by atoms with Crippen LogP contribution in [0.3, 0.4) is 0 Å². The van der Waals surface area contributed by atoms with Gasteiger partial charge in [0.1, 0.15) is 6.04 Å². The first-order valence-electron chi connectivity index (χ1n) is 8.72. The smallest absolute Gasteiger partial charge is 0.365 e. The van der Waals surface area contributed by atoms with E-state index in [-0.39, 0.29) is 12.0 Å². The maximum atomic E-state index is 12.5. The first kappa shape index (κ1) is 18.2. The molecule has 2 heterocycles. The molecule has 4 rings (SSSR count). The van der Waals surface area contributed by atoms with Crippen molar-refractivity contribution in [1.82, 2.24) is 30.5 Å². The van der Waals surface area contributed by atoms with E-state index in [1.54, 1.807) is 6.20 Å². The second kappa shape index (κ2) is 7.43. The number of para-hydroxylation sites is 1. The van der Waals surface area contributed by atoms with Crippen molar-refractivity contribution in [3.05, 3.63) is 76.3 Å². The molecular formula is C19H16N6O4. The number of benzene rings is 2. The molecule has 0 saturated carbocycles. The van der Waals surface area contributed by atoms with E-state index in [4.69, 9.17) is 0 Å². The summed E-state index contributed by atoms with van der Waals surface area (Å²) in [5.74, 6) is -1.66. The summed E-state index contributed by atoms with van der Waals surface area (Å²) < 4.78 is 1.04. The number of fused-ring (bicyclic) bond motifs is 1. The van der Waals surface area contributed by atoms with Crippen molar-refractivity contribution < 1.29 is 14.7 Å². The topological polar surface area (TPSA) is 146 Å². The fourth-order valence-electron chi connectivity index (χ4n) is 3.08. The molecule has 10 heteroatoms. The van der Waals surface area contributed by atoms with Crippen molar-refractivity contribution in [1.29, 1.82) is 0 Å². The Morgan fingerprint density at radius 3 is 2.59 bits per heavy atom. The maximum absolute atomic E-state index is 12.5. The molecule has 10 nitrogen and oxygen atoms in total. The Bertz CT molecular complexity index is 1240. The monoisotopic (exact) mass is 392 g/mol. The average molecular weight is 392 g/mol. The molecule has 29 heavy (non-hydrogen) atoms. The van der Waals surface area contributed by atoms with Crippen molar-refractivity contribution in [2.75, 3.05) is 0 Å². The Morgan fingerprint density at radius 1 is 1.14 bits per heavy atom. The molecule has 0 bridgehead atoms. The van der Waals surface area contributed by atoms with E-state index in [2.05, 4.69) is 25.8 Å². The van der Waals surface area contributed by atoms with Crippen LogP contribution in [0, 0.1) is 0 Å². The molecule has 0 fully saturated rings. The number of carboxylic acids is 1. The van der Waals surface area contributed by atoms with Crippen molar-refractivity contribution in [2.45, 2.75) is 12.5 Å². The second-order valence-corrected chi connectivity index (χ2v) is 6.39. The number of aromatic nitrogens is 5. The predicted octanol–water partition coefficient (Wildman–Crippen LogP) is 0.863. The van der Waals surface area contributed by atoms with Gasteiger partial charge >= 0.3 is 11.7 Å². The van der Waals surface area contributed by atoms with Crippen LogP contribution < -0.4 is 11.0 Å². The third kappa shape index (κ3) is 3.63. The summed E-state index contributed by atoms with van der Waals surface area (Å²) >= 11 is 0. The molecule has 4 aromatic rings. The zero-order valence-corrected chi connectivity index (χ0v) is 15.0. The molecule has 0 aliphatic rings. The zero-order chi connectivity index (χ0) is 20.4. The quantitative estimate of drug-likeness (QED) is 0.383. The van der Waals surface area contributed by atoms with E-state index < -0.39 is 23.6 Å². The largest absolute Gasteiger partial charge is 0.480 e. The van der Waals surface area contributed by atoms with E-state index in [1.807, 2.05) is 24.3 Å². The van der Waals surface area contributed by atoms with Crippen LogP contribution in [0.25, 0.3) is 16.6 Å². The minimum absolute atomic E-state index is 0.136. The molecule has 0 radical (unpaired) electrons. The average Bonchev–Trinajstić information content (AvgIpc) is 3.34. The van der Waals surface area contributed by atoms with Gasteiger partial charge in [-0.2, -0.15) is 4.68 Å². The Morgan fingerprint density at radius 2 is 1.90 bits per heavy atom. The number of carboxylic acid groups (broad SMARTS) is 1. The van der Waals surface area contributed by atoms with Crippen LogP contribution >= 0.6 is 0 Å². The molecule has 2 aromatic carbocycles. The van der Waals surface area contributed by atoms with Gasteiger partial charge in [0.05, 0.1) is 5.69 Å². The zero-order valence-electron chi connectivity index (χ0n) is 15.0. The van der Waals surface area contributed by atoms with Gasteiger partial charge in [0, 0.05) is 29.1 Å². The van der Waals surface area contributed by atoms with E-state index in [1.165, 1.54) is 24.3 Å². The third-order valence-electron chi connectivity index (χ3n) is 4.55. The summed E-state index contributed by atoms with van der Waals surface area (Å²) in [5, 5.41) is 22.2. The van der Waals surface area contributed by atoms with Gasteiger partial charge in [0.2, 0.25) is 0 Å². The molecule has 1 amide bonds. The summed E-state index contributed by atoms with van der Waals surface area (Å²) in [6.07, 6.45) is 1.88. The number of tetrazole rings is 1. The van der Waals surface area contributed by atoms with E-state index >= 15 is 0 Å². The van der Waals surface area contributed by atoms with Gasteiger partial charge in [-0.1, -0.05) is 18.2 Å². The van der Waals surface area contributed by atoms with E-state index in [0.29, 0.717) is 5.69 Å². The molecule has 1 atom stereocenters. The molecular weight excluding hydrogens is 376 g/mol. The molecule has 0 aliphatic heterocycles. The first-order chi connectivity index (χ1) is 14.0. The third-order valence-corrected chi connectivity index (χ3v) is 4.55. The van der Waals surface area contributed by atoms with E-state index in [9.17, 15) is 19.5 Å². The molecule has 1 unspecified atom stereocenters. The van der Waals surface area contributed by atoms with Gasteiger partial charge in [-0.05, 0) is 46.3 Å². The lowest BCUT2D eigenvalue weighted by atomic mass is 10.0. The van der Waals surface area contributed by atoms with Gasteiger partial charge < -0.3 is 15.4 Å². The molecule has 4 N–H and O–H groups in total. The highest BCUT2D eigenvalue weighted by Gasteiger charge is 2.22. The van der Waals surface area contributed by atoms with Crippen molar-refractivity contribution in [3.8, 4) is 5.69 Å². The van der Waals surface area contributed by atoms with Gasteiger partial charge in [-0.3, -0.25) is 4.79 Å². The fourth-order valence-corrected chi connectivity index (χ4v) is 3.08. The van der Waals surface area contributed by atoms with Gasteiger partial charge in [0.25, 0.3) is 5.91 Å². The van der Waals surface area contributed by atoms with Crippen LogP contribution in [0.5, 0.6) is 0 Å². The Hall–Kier alpha value is -4.21. The van der Waals surface area contributed by atoms with Crippen LogP contribution in [-0.4, -0.2) is 48.2 Å². The lowest BCUT2D eigenvalue weighted by molar-refractivity contribution is -0.139. The minimum atomic E-state index is -1.13. The summed E-state index contributed by atoms with van der Waals surface area (Å²) in [4.78, 5) is 38.9. The predicted molar refractivity (Wildman–Crippen MR) is 103 cm³/mol. The van der Waals surface area contributed by atoms with Gasteiger partial charge in [-0.15, -0.1) is 0 Å².